The van der Waals surface area contributed by atoms with E-state index in [2.05, 4.69) is 212 Å². The molecule has 7 heteroatoms. The summed E-state index contributed by atoms with van der Waals surface area (Å²) in [5, 5.41) is 10.6. The van der Waals surface area contributed by atoms with Gasteiger partial charge in [0.1, 0.15) is 10.3 Å². The summed E-state index contributed by atoms with van der Waals surface area (Å²) in [5.74, 6) is 0. The van der Waals surface area contributed by atoms with Crippen LogP contribution < -0.4 is 0 Å². The molecular weight excluding hydrogens is 813 g/mol. The topological polar surface area (TPSA) is 45.5 Å². The molecule has 302 valence electrons. The van der Waals surface area contributed by atoms with E-state index in [1.54, 1.807) is 11.3 Å². The summed E-state index contributed by atoms with van der Waals surface area (Å²) in [6, 6.07) is 71.1. The molecule has 0 aliphatic rings. The van der Waals surface area contributed by atoms with E-state index in [4.69, 9.17) is 9.97 Å². The SMILES string of the molecule is c1ccc2c(c1)c1ccccc1n2-c1c(-n2c3ccccc3c3ccccc32)c(-n2c3ccccc3c3ccccc32)c2c(sc3nccnc32)c1-n1c2ccccc2c2ccccc21. The van der Waals surface area contributed by atoms with Crippen LogP contribution in [0.25, 0.3) is 130 Å². The van der Waals surface area contributed by atoms with Gasteiger partial charge in [0.2, 0.25) is 0 Å². The highest BCUT2D eigenvalue weighted by Gasteiger charge is 2.34. The van der Waals surface area contributed by atoms with Crippen molar-refractivity contribution in [3.05, 3.63) is 207 Å². The molecule has 0 unspecified atom stereocenters. The van der Waals surface area contributed by atoms with Crippen LogP contribution in [0.5, 0.6) is 0 Å². The lowest BCUT2D eigenvalue weighted by molar-refractivity contribution is 1.04. The molecule has 6 nitrogen and oxygen atoms in total. The quantitative estimate of drug-likeness (QED) is 0.177. The Hall–Kier alpha value is -8.52. The summed E-state index contributed by atoms with van der Waals surface area (Å²) in [4.78, 5) is 11.3. The van der Waals surface area contributed by atoms with Gasteiger partial charge in [0.05, 0.1) is 71.6 Å². The number of rotatable bonds is 4. The Balaban J connectivity index is 1.34. The van der Waals surface area contributed by atoms with Crippen molar-refractivity contribution in [3.8, 4) is 22.7 Å². The van der Waals surface area contributed by atoms with Crippen molar-refractivity contribution in [1.29, 1.82) is 0 Å². The third-order valence-corrected chi connectivity index (χ3v) is 14.8. The highest BCUT2D eigenvalue weighted by molar-refractivity contribution is 7.26. The smallest absolute Gasteiger partial charge is 0.143 e. The normalized spacial score (nSPS) is 12.3. The number of hydrogen-bond acceptors (Lipinski definition) is 3. The third kappa shape index (κ3) is 4.56. The van der Waals surface area contributed by atoms with Crippen LogP contribution in [0.15, 0.2) is 207 Å². The summed E-state index contributed by atoms with van der Waals surface area (Å²) in [5.41, 5.74) is 14.1. The molecule has 6 heterocycles. The van der Waals surface area contributed by atoms with Crippen molar-refractivity contribution in [1.82, 2.24) is 28.2 Å². The molecule has 0 spiro atoms. The van der Waals surface area contributed by atoms with Gasteiger partial charge < -0.3 is 18.3 Å². The van der Waals surface area contributed by atoms with E-state index in [0.29, 0.717) is 0 Å². The lowest BCUT2D eigenvalue weighted by Gasteiger charge is -2.27. The minimum absolute atomic E-state index is 0.877. The average molecular weight is 847 g/mol. The summed E-state index contributed by atoms with van der Waals surface area (Å²) in [7, 11) is 0. The van der Waals surface area contributed by atoms with Crippen molar-refractivity contribution in [3.63, 3.8) is 0 Å². The molecule has 0 saturated carbocycles. The van der Waals surface area contributed by atoms with Crippen LogP contribution in [0.3, 0.4) is 0 Å². The maximum Gasteiger partial charge on any atom is 0.143 e. The second kappa shape index (κ2) is 13.0. The first-order chi connectivity index (χ1) is 32.3. The second-order valence-corrected chi connectivity index (χ2v) is 17.9. The Morgan fingerprint density at radius 1 is 0.277 bits per heavy atom. The van der Waals surface area contributed by atoms with E-state index in [9.17, 15) is 0 Å². The molecule has 15 aromatic rings. The molecular formula is C58H34N6S. The molecule has 0 radical (unpaired) electrons. The predicted molar refractivity (Wildman–Crippen MR) is 272 cm³/mol. The number of thiophene rings is 1. The minimum atomic E-state index is 0.877. The fourth-order valence-corrected chi connectivity index (χ4v) is 12.3. The largest absolute Gasteiger partial charge is 0.306 e. The zero-order valence-corrected chi connectivity index (χ0v) is 35.5. The summed E-state index contributed by atoms with van der Waals surface area (Å²) >= 11 is 1.73. The van der Waals surface area contributed by atoms with Crippen molar-refractivity contribution in [2.24, 2.45) is 0 Å². The average Bonchev–Trinajstić information content (AvgIpc) is 4.17. The molecule has 0 N–H and O–H groups in total. The predicted octanol–water partition coefficient (Wildman–Crippen LogP) is 15.2. The van der Waals surface area contributed by atoms with Gasteiger partial charge in [-0.2, -0.15) is 0 Å². The fraction of sp³-hybridized carbons (Fsp3) is 0. The molecule has 0 saturated heterocycles. The number of benzene rings is 9. The van der Waals surface area contributed by atoms with E-state index in [0.717, 1.165) is 87.3 Å². The van der Waals surface area contributed by atoms with Gasteiger partial charge in [0.15, 0.2) is 0 Å². The van der Waals surface area contributed by atoms with Gasteiger partial charge in [-0.05, 0) is 48.5 Å². The van der Waals surface area contributed by atoms with Crippen LogP contribution in [-0.4, -0.2) is 28.2 Å². The molecule has 0 amide bonds. The van der Waals surface area contributed by atoms with Crippen molar-refractivity contribution < 1.29 is 0 Å². The van der Waals surface area contributed by atoms with E-state index < -0.39 is 0 Å². The highest BCUT2D eigenvalue weighted by Crippen LogP contribution is 2.53. The third-order valence-electron chi connectivity index (χ3n) is 13.7. The van der Waals surface area contributed by atoms with Crippen LogP contribution in [0.4, 0.5) is 0 Å². The van der Waals surface area contributed by atoms with Gasteiger partial charge in [0.25, 0.3) is 0 Å². The van der Waals surface area contributed by atoms with Crippen molar-refractivity contribution in [2.45, 2.75) is 0 Å². The van der Waals surface area contributed by atoms with Crippen LogP contribution in [-0.2, 0) is 0 Å². The van der Waals surface area contributed by atoms with Gasteiger partial charge in [-0.1, -0.05) is 146 Å². The van der Waals surface area contributed by atoms with Gasteiger partial charge in [-0.3, -0.25) is 4.98 Å². The van der Waals surface area contributed by atoms with E-state index in [1.807, 2.05) is 12.4 Å². The fourth-order valence-electron chi connectivity index (χ4n) is 11.2. The Morgan fingerprint density at radius 2 is 0.538 bits per heavy atom. The van der Waals surface area contributed by atoms with Gasteiger partial charge in [0, 0.05) is 60.9 Å². The molecule has 0 aliphatic carbocycles. The van der Waals surface area contributed by atoms with E-state index in [-0.39, 0.29) is 0 Å². The zero-order valence-electron chi connectivity index (χ0n) is 34.7. The highest BCUT2D eigenvalue weighted by atomic mass is 32.1. The lowest BCUT2D eigenvalue weighted by atomic mass is 10.1. The maximum atomic E-state index is 5.30. The molecule has 6 aromatic heterocycles. The number of hydrogen-bond donors (Lipinski definition) is 0. The number of fused-ring (bicyclic) bond motifs is 15. The zero-order chi connectivity index (χ0) is 42.3. The van der Waals surface area contributed by atoms with Crippen LogP contribution >= 0.6 is 11.3 Å². The number of para-hydroxylation sites is 8. The first kappa shape index (κ1) is 35.0. The minimum Gasteiger partial charge on any atom is -0.306 e. The number of aromatic nitrogens is 6. The molecule has 0 bridgehead atoms. The molecule has 0 atom stereocenters. The Kier molecular flexibility index (Phi) is 7.01. The van der Waals surface area contributed by atoms with E-state index >= 15 is 0 Å². The van der Waals surface area contributed by atoms with Gasteiger partial charge in [-0.15, -0.1) is 11.3 Å². The summed E-state index contributed by atoms with van der Waals surface area (Å²) < 4.78 is 11.3. The maximum absolute atomic E-state index is 5.30. The Labute approximate surface area is 374 Å². The van der Waals surface area contributed by atoms with Crippen molar-refractivity contribution in [2.75, 3.05) is 0 Å². The van der Waals surface area contributed by atoms with Crippen LogP contribution in [0.1, 0.15) is 0 Å². The summed E-state index contributed by atoms with van der Waals surface area (Å²) in [6.07, 6.45) is 3.69. The molecule has 0 aliphatic heterocycles. The second-order valence-electron chi connectivity index (χ2n) is 16.9. The van der Waals surface area contributed by atoms with E-state index in [1.165, 1.54) is 43.1 Å². The monoisotopic (exact) mass is 846 g/mol. The first-order valence-corrected chi connectivity index (χ1v) is 22.8. The number of nitrogens with zero attached hydrogens (tertiary/aromatic N) is 6. The molecule has 15 rings (SSSR count). The lowest BCUT2D eigenvalue weighted by Crippen LogP contribution is -2.14. The van der Waals surface area contributed by atoms with Gasteiger partial charge >= 0.3 is 0 Å². The molecule has 65 heavy (non-hydrogen) atoms. The summed E-state index contributed by atoms with van der Waals surface area (Å²) in [6.45, 7) is 0. The molecule has 0 fully saturated rings. The standard InChI is InChI=1S/C58H34N6S/c1-9-25-43-35(17-1)36-18-2-10-26-44(36)61(43)53-51-52-58(60-34-33-59-52)65-57(51)56(64-49-31-15-7-23-41(49)42-24-8-16-32-50(42)64)55(63-47-29-13-5-21-39(47)40-22-6-14-30-48(40)63)54(53)62-45-27-11-3-19-37(45)38-20-4-12-28-46(38)62/h1-34H. The Morgan fingerprint density at radius 3 is 0.877 bits per heavy atom. The van der Waals surface area contributed by atoms with Crippen LogP contribution in [0.2, 0.25) is 0 Å². The first-order valence-electron chi connectivity index (χ1n) is 22.0. The van der Waals surface area contributed by atoms with Gasteiger partial charge in [-0.25, -0.2) is 4.98 Å². The Bertz CT molecular complexity index is 4290. The molecule has 9 aromatic carbocycles. The van der Waals surface area contributed by atoms with Crippen molar-refractivity contribution >= 4 is 119 Å². The van der Waals surface area contributed by atoms with Crippen LogP contribution in [0, 0.1) is 0 Å².